The summed E-state index contributed by atoms with van der Waals surface area (Å²) in [5.41, 5.74) is 2.74. The van der Waals surface area contributed by atoms with Gasteiger partial charge >= 0.3 is 0 Å². The fourth-order valence-corrected chi connectivity index (χ4v) is 2.30. The summed E-state index contributed by atoms with van der Waals surface area (Å²) in [6.07, 6.45) is 2.38. The minimum absolute atomic E-state index is 0.470. The van der Waals surface area contributed by atoms with E-state index in [0.717, 1.165) is 19.5 Å². The molecule has 0 saturated carbocycles. The molecule has 0 heterocycles. The van der Waals surface area contributed by atoms with Crippen molar-refractivity contribution in [1.82, 2.24) is 10.2 Å². The third-order valence-electron chi connectivity index (χ3n) is 4.04. The number of hydrogen-bond donors (Lipinski definition) is 1. The smallest absolute Gasteiger partial charge is 0.0332 e. The van der Waals surface area contributed by atoms with E-state index in [9.17, 15) is 0 Å². The second kappa shape index (κ2) is 8.34. The number of aryl methyl sites for hydroxylation is 1. The molecule has 0 fully saturated rings. The molecule has 2 unspecified atom stereocenters. The average Bonchev–Trinajstić information content (AvgIpc) is 2.43. The predicted octanol–water partition coefficient (Wildman–Crippen LogP) is 3.77. The number of nitrogens with zero attached hydrogens (tertiary/aromatic N) is 1. The fraction of sp³-hybridized carbons (Fsp3) is 0.647. The van der Waals surface area contributed by atoms with Crippen LogP contribution in [0.25, 0.3) is 0 Å². The van der Waals surface area contributed by atoms with Crippen molar-refractivity contribution in [1.29, 1.82) is 0 Å². The minimum atomic E-state index is 0.470. The van der Waals surface area contributed by atoms with Crippen LogP contribution in [0.3, 0.4) is 0 Å². The second-order valence-corrected chi connectivity index (χ2v) is 5.55. The lowest BCUT2D eigenvalue weighted by atomic mass is 10.0. The molecule has 0 spiro atoms. The Bertz CT molecular complexity index is 345. The van der Waals surface area contributed by atoms with Gasteiger partial charge in [-0.3, -0.25) is 0 Å². The Kier molecular flexibility index (Phi) is 7.11. The molecule has 0 amide bonds. The van der Waals surface area contributed by atoms with Crippen LogP contribution in [-0.4, -0.2) is 31.1 Å². The van der Waals surface area contributed by atoms with Crippen molar-refractivity contribution in [2.45, 2.75) is 52.6 Å². The number of nitrogens with one attached hydrogen (secondary N) is 1. The van der Waals surface area contributed by atoms with Crippen LogP contribution >= 0.6 is 0 Å². The van der Waals surface area contributed by atoms with Gasteiger partial charge in [0.25, 0.3) is 0 Å². The summed E-state index contributed by atoms with van der Waals surface area (Å²) < 4.78 is 0. The van der Waals surface area contributed by atoms with Crippen LogP contribution in [-0.2, 0) is 0 Å². The maximum Gasteiger partial charge on any atom is 0.0332 e. The predicted molar refractivity (Wildman–Crippen MR) is 84.6 cm³/mol. The molecule has 108 valence electrons. The fourth-order valence-electron chi connectivity index (χ4n) is 2.30. The molecule has 2 heteroatoms. The molecular formula is C17H30N2. The zero-order valence-electron chi connectivity index (χ0n) is 13.2. The summed E-state index contributed by atoms with van der Waals surface area (Å²) in [5.74, 6) is 0. The van der Waals surface area contributed by atoms with Crippen LogP contribution in [0, 0.1) is 6.92 Å². The number of hydrogen-bond acceptors (Lipinski definition) is 2. The van der Waals surface area contributed by atoms with Crippen molar-refractivity contribution in [3.8, 4) is 0 Å². The van der Waals surface area contributed by atoms with Gasteiger partial charge in [-0.25, -0.2) is 0 Å². The van der Waals surface area contributed by atoms with Gasteiger partial charge in [0.15, 0.2) is 0 Å². The van der Waals surface area contributed by atoms with Crippen LogP contribution < -0.4 is 5.32 Å². The van der Waals surface area contributed by atoms with Crippen molar-refractivity contribution in [3.63, 3.8) is 0 Å². The molecule has 0 aliphatic heterocycles. The van der Waals surface area contributed by atoms with Crippen LogP contribution in [0.4, 0.5) is 0 Å². The van der Waals surface area contributed by atoms with E-state index in [1.165, 1.54) is 17.5 Å². The first-order valence-corrected chi connectivity index (χ1v) is 7.58. The highest BCUT2D eigenvalue weighted by Crippen LogP contribution is 2.18. The maximum absolute atomic E-state index is 3.60. The molecule has 1 rings (SSSR count). The first kappa shape index (κ1) is 16.2. The Morgan fingerprint density at radius 3 is 2.32 bits per heavy atom. The Hall–Kier alpha value is -0.860. The van der Waals surface area contributed by atoms with E-state index in [1.807, 2.05) is 0 Å². The third-order valence-corrected chi connectivity index (χ3v) is 4.04. The molecule has 2 atom stereocenters. The maximum atomic E-state index is 3.60. The van der Waals surface area contributed by atoms with Gasteiger partial charge in [-0.1, -0.05) is 43.7 Å². The highest BCUT2D eigenvalue weighted by Gasteiger charge is 2.13. The summed E-state index contributed by atoms with van der Waals surface area (Å²) >= 11 is 0. The molecule has 1 N–H and O–H groups in total. The Morgan fingerprint density at radius 2 is 1.79 bits per heavy atom. The number of rotatable bonds is 8. The van der Waals surface area contributed by atoms with E-state index in [-0.39, 0.29) is 0 Å². The van der Waals surface area contributed by atoms with Crippen molar-refractivity contribution >= 4 is 0 Å². The zero-order valence-corrected chi connectivity index (χ0v) is 13.2. The molecule has 0 aromatic heterocycles. The molecule has 1 aromatic rings. The zero-order chi connectivity index (χ0) is 14.3. The second-order valence-electron chi connectivity index (χ2n) is 5.55. The van der Waals surface area contributed by atoms with Gasteiger partial charge in [0.05, 0.1) is 0 Å². The van der Waals surface area contributed by atoms with Crippen molar-refractivity contribution in [2.24, 2.45) is 0 Å². The quantitative estimate of drug-likeness (QED) is 0.767. The van der Waals surface area contributed by atoms with E-state index in [2.05, 4.69) is 69.2 Å². The average molecular weight is 262 g/mol. The lowest BCUT2D eigenvalue weighted by Crippen LogP contribution is -2.32. The van der Waals surface area contributed by atoms with E-state index >= 15 is 0 Å². The molecule has 0 bridgehead atoms. The first-order chi connectivity index (χ1) is 9.08. The van der Waals surface area contributed by atoms with Gasteiger partial charge < -0.3 is 10.2 Å². The Balaban J connectivity index is 2.60. The number of benzene rings is 1. The summed E-state index contributed by atoms with van der Waals surface area (Å²) in [6.45, 7) is 11.0. The van der Waals surface area contributed by atoms with Crippen molar-refractivity contribution < 1.29 is 0 Å². The summed E-state index contributed by atoms with van der Waals surface area (Å²) in [7, 11) is 2.23. The van der Waals surface area contributed by atoms with Crippen molar-refractivity contribution in [3.05, 3.63) is 35.4 Å². The standard InChI is InChI=1S/C17H30N2/c1-6-15(4)19(5)13-12-17(18-7-2)16-10-8-14(3)9-11-16/h8-11,15,17-18H,6-7,12-13H2,1-5H3. The molecule has 0 aliphatic rings. The highest BCUT2D eigenvalue weighted by molar-refractivity contribution is 5.24. The van der Waals surface area contributed by atoms with Gasteiger partial charge in [-0.2, -0.15) is 0 Å². The highest BCUT2D eigenvalue weighted by atomic mass is 15.1. The molecule has 0 radical (unpaired) electrons. The summed E-state index contributed by atoms with van der Waals surface area (Å²) in [5, 5.41) is 3.60. The third kappa shape index (κ3) is 5.33. The Morgan fingerprint density at radius 1 is 1.16 bits per heavy atom. The topological polar surface area (TPSA) is 15.3 Å². The van der Waals surface area contributed by atoms with Crippen LogP contribution in [0.15, 0.2) is 24.3 Å². The van der Waals surface area contributed by atoms with E-state index in [4.69, 9.17) is 0 Å². The minimum Gasteiger partial charge on any atom is -0.310 e. The first-order valence-electron chi connectivity index (χ1n) is 7.58. The van der Waals surface area contributed by atoms with E-state index in [0.29, 0.717) is 12.1 Å². The van der Waals surface area contributed by atoms with Gasteiger partial charge in [0, 0.05) is 12.1 Å². The molecule has 1 aromatic carbocycles. The van der Waals surface area contributed by atoms with Gasteiger partial charge in [0.2, 0.25) is 0 Å². The summed E-state index contributed by atoms with van der Waals surface area (Å²) in [4.78, 5) is 2.46. The molecular weight excluding hydrogens is 232 g/mol. The van der Waals surface area contributed by atoms with Crippen LogP contribution in [0.5, 0.6) is 0 Å². The molecule has 0 aliphatic carbocycles. The van der Waals surface area contributed by atoms with Crippen molar-refractivity contribution in [2.75, 3.05) is 20.1 Å². The SMILES string of the molecule is CCNC(CCN(C)C(C)CC)c1ccc(C)cc1. The Labute approximate surface area is 119 Å². The molecule has 19 heavy (non-hydrogen) atoms. The van der Waals surface area contributed by atoms with Gasteiger partial charge in [-0.05, 0) is 52.4 Å². The van der Waals surface area contributed by atoms with Gasteiger partial charge in [0.1, 0.15) is 0 Å². The van der Waals surface area contributed by atoms with Crippen LogP contribution in [0.1, 0.15) is 50.8 Å². The van der Waals surface area contributed by atoms with Crippen LogP contribution in [0.2, 0.25) is 0 Å². The monoisotopic (exact) mass is 262 g/mol. The van der Waals surface area contributed by atoms with E-state index in [1.54, 1.807) is 0 Å². The lowest BCUT2D eigenvalue weighted by molar-refractivity contribution is 0.238. The van der Waals surface area contributed by atoms with Gasteiger partial charge in [-0.15, -0.1) is 0 Å². The normalized spacial score (nSPS) is 14.6. The molecule has 2 nitrogen and oxygen atoms in total. The largest absolute Gasteiger partial charge is 0.310 e. The lowest BCUT2D eigenvalue weighted by Gasteiger charge is -2.26. The molecule has 0 saturated heterocycles. The summed E-state index contributed by atoms with van der Waals surface area (Å²) in [6, 6.07) is 10.1. The van der Waals surface area contributed by atoms with E-state index < -0.39 is 0 Å².